The van der Waals surface area contributed by atoms with Gasteiger partial charge in [-0.2, -0.15) is 0 Å². The summed E-state index contributed by atoms with van der Waals surface area (Å²) in [5.74, 6) is -2.11. The number of carbonyl (C=O) groups excluding carboxylic acids is 1. The fraction of sp³-hybridized carbons (Fsp3) is 0.258. The summed E-state index contributed by atoms with van der Waals surface area (Å²) in [6.07, 6.45) is 1.95. The Kier molecular flexibility index (Phi) is 7.01. The molecular formula is C31H32N4O3. The smallest absolute Gasteiger partial charge is 0.309 e. The number of nitrogens with zero attached hydrogens (tertiary/aromatic N) is 3. The van der Waals surface area contributed by atoms with E-state index >= 15 is 0 Å². The number of anilines is 2. The van der Waals surface area contributed by atoms with E-state index in [4.69, 9.17) is 0 Å². The maximum atomic E-state index is 14.1. The average Bonchev–Trinajstić information content (AvgIpc) is 3.30. The number of carboxylic acids is 1. The van der Waals surface area contributed by atoms with Crippen molar-refractivity contribution < 1.29 is 14.7 Å². The molecule has 4 aromatic rings. The van der Waals surface area contributed by atoms with Crippen molar-refractivity contribution in [3.8, 4) is 0 Å². The van der Waals surface area contributed by atoms with Crippen LogP contribution in [0.4, 0.5) is 11.5 Å². The summed E-state index contributed by atoms with van der Waals surface area (Å²) in [7, 11) is 4.04. The molecule has 1 unspecified atom stereocenters. The zero-order chi connectivity index (χ0) is 26.8. The summed E-state index contributed by atoms with van der Waals surface area (Å²) in [5, 5.41) is 13.4. The average molecular weight is 509 g/mol. The molecule has 0 radical (unpaired) electrons. The van der Waals surface area contributed by atoms with Gasteiger partial charge in [0.15, 0.2) is 5.78 Å². The lowest BCUT2D eigenvalue weighted by Gasteiger charge is -2.32. The summed E-state index contributed by atoms with van der Waals surface area (Å²) < 4.78 is 1.98. The Labute approximate surface area is 222 Å². The molecule has 1 aromatic heterocycles. The lowest BCUT2D eigenvalue weighted by atomic mass is 9.79. The van der Waals surface area contributed by atoms with Crippen LogP contribution in [0.1, 0.15) is 33.9 Å². The van der Waals surface area contributed by atoms with Crippen molar-refractivity contribution in [3.63, 3.8) is 0 Å². The fourth-order valence-corrected chi connectivity index (χ4v) is 5.46. The Hall–Kier alpha value is -4.39. The number of hydrogen-bond acceptors (Lipinski definition) is 5. The van der Waals surface area contributed by atoms with Gasteiger partial charge in [0.25, 0.3) is 0 Å². The van der Waals surface area contributed by atoms with Crippen molar-refractivity contribution >= 4 is 23.3 Å². The summed E-state index contributed by atoms with van der Waals surface area (Å²) in [6.45, 7) is 2.65. The zero-order valence-electron chi connectivity index (χ0n) is 21.8. The van der Waals surface area contributed by atoms with Gasteiger partial charge in [-0.1, -0.05) is 72.8 Å². The first kappa shape index (κ1) is 25.3. The minimum absolute atomic E-state index is 0.176. The number of rotatable bonds is 8. The van der Waals surface area contributed by atoms with Crippen molar-refractivity contribution in [1.82, 2.24) is 9.55 Å². The lowest BCUT2D eigenvalue weighted by molar-refractivity contribution is -0.144. The van der Waals surface area contributed by atoms with Gasteiger partial charge in [-0.3, -0.25) is 9.59 Å². The number of hydrogen-bond donors (Lipinski definition) is 2. The van der Waals surface area contributed by atoms with Crippen LogP contribution in [0.15, 0.2) is 85.2 Å². The van der Waals surface area contributed by atoms with Gasteiger partial charge in [0.1, 0.15) is 11.9 Å². The van der Waals surface area contributed by atoms with Gasteiger partial charge in [-0.15, -0.1) is 0 Å². The van der Waals surface area contributed by atoms with Crippen LogP contribution in [0.3, 0.4) is 0 Å². The highest BCUT2D eigenvalue weighted by molar-refractivity contribution is 5.98. The van der Waals surface area contributed by atoms with E-state index in [2.05, 4.69) is 40.3 Å². The van der Waals surface area contributed by atoms with Gasteiger partial charge in [0.2, 0.25) is 0 Å². The van der Waals surface area contributed by atoms with E-state index in [0.717, 1.165) is 28.1 Å². The van der Waals surface area contributed by atoms with Gasteiger partial charge in [0, 0.05) is 32.7 Å². The maximum absolute atomic E-state index is 14.1. The number of aromatic nitrogens is 2. The molecule has 0 spiro atoms. The molecule has 2 atom stereocenters. The Morgan fingerprint density at radius 1 is 1.03 bits per heavy atom. The van der Waals surface area contributed by atoms with Gasteiger partial charge >= 0.3 is 5.97 Å². The number of aryl methyl sites for hydroxylation is 1. The van der Waals surface area contributed by atoms with Crippen LogP contribution in [0.25, 0.3) is 0 Å². The summed E-state index contributed by atoms with van der Waals surface area (Å²) in [5.41, 5.74) is 5.90. The first-order chi connectivity index (χ1) is 18.3. The Morgan fingerprint density at radius 3 is 2.21 bits per heavy atom. The normalized spacial score (nSPS) is 16.5. The molecule has 7 nitrogen and oxygen atoms in total. The molecule has 38 heavy (non-hydrogen) atoms. The van der Waals surface area contributed by atoms with Crippen LogP contribution in [0, 0.1) is 12.8 Å². The second-order valence-corrected chi connectivity index (χ2v) is 10.1. The van der Waals surface area contributed by atoms with E-state index in [0.29, 0.717) is 12.4 Å². The van der Waals surface area contributed by atoms with Crippen LogP contribution >= 0.6 is 0 Å². The number of nitrogens with one attached hydrogen (secondary N) is 1. The summed E-state index contributed by atoms with van der Waals surface area (Å²) in [6, 6.07) is 24.5. The molecule has 3 aromatic carbocycles. The van der Waals surface area contributed by atoms with Crippen LogP contribution < -0.4 is 10.2 Å². The van der Waals surface area contributed by atoms with Crippen LogP contribution in [-0.4, -0.2) is 46.5 Å². The summed E-state index contributed by atoms with van der Waals surface area (Å²) in [4.78, 5) is 33.2. The number of benzene rings is 3. The van der Waals surface area contributed by atoms with Crippen molar-refractivity contribution in [1.29, 1.82) is 0 Å². The third-order valence-electron chi connectivity index (χ3n) is 7.32. The van der Waals surface area contributed by atoms with E-state index in [1.807, 2.05) is 79.3 Å². The van der Waals surface area contributed by atoms with E-state index in [-0.39, 0.29) is 12.2 Å². The highest BCUT2D eigenvalue weighted by Gasteiger charge is 2.42. The molecule has 2 N–H and O–H groups in total. The first-order valence-electron chi connectivity index (χ1n) is 12.8. The van der Waals surface area contributed by atoms with Crippen molar-refractivity contribution in [2.24, 2.45) is 5.92 Å². The van der Waals surface area contributed by atoms with E-state index in [1.54, 1.807) is 6.33 Å². The highest BCUT2D eigenvalue weighted by atomic mass is 16.4. The molecule has 7 heteroatoms. The summed E-state index contributed by atoms with van der Waals surface area (Å²) >= 11 is 0. The van der Waals surface area contributed by atoms with Gasteiger partial charge in [-0.25, -0.2) is 4.98 Å². The minimum atomic E-state index is -1.000. The van der Waals surface area contributed by atoms with Gasteiger partial charge in [0.05, 0.1) is 23.9 Å². The van der Waals surface area contributed by atoms with Crippen molar-refractivity contribution in [2.45, 2.75) is 31.8 Å². The second-order valence-electron chi connectivity index (χ2n) is 10.1. The van der Waals surface area contributed by atoms with Crippen molar-refractivity contribution in [2.75, 3.05) is 24.3 Å². The third kappa shape index (κ3) is 4.92. The monoisotopic (exact) mass is 508 g/mol. The quantitative estimate of drug-likeness (QED) is 0.357. The molecule has 0 aliphatic carbocycles. The number of carbonyl (C=O) groups is 2. The number of Topliss-reactive ketones (excluding diaryl/α,β-unsaturated/α-hetero) is 1. The molecule has 1 aliphatic heterocycles. The van der Waals surface area contributed by atoms with E-state index in [1.165, 1.54) is 5.56 Å². The van der Waals surface area contributed by atoms with E-state index in [9.17, 15) is 14.7 Å². The molecule has 0 amide bonds. The maximum Gasteiger partial charge on any atom is 0.309 e. The Morgan fingerprint density at radius 2 is 1.66 bits per heavy atom. The fourth-order valence-electron chi connectivity index (χ4n) is 5.46. The van der Waals surface area contributed by atoms with Crippen LogP contribution in [0.2, 0.25) is 0 Å². The van der Waals surface area contributed by atoms with Crippen molar-refractivity contribution in [3.05, 3.63) is 113 Å². The SMILES string of the molecule is Cc1cc(Cn2cnc3c2CC(C(=O)O)[C@@H](C(=O)C(c2ccccc2)c2ccccc2)N3)ccc1N(C)C. The highest BCUT2D eigenvalue weighted by Crippen LogP contribution is 2.34. The molecule has 1 aliphatic rings. The number of ketones is 1. The van der Waals surface area contributed by atoms with E-state index < -0.39 is 23.8 Å². The van der Waals surface area contributed by atoms with Gasteiger partial charge in [-0.05, 0) is 35.2 Å². The molecule has 194 valence electrons. The number of imidazole rings is 1. The minimum Gasteiger partial charge on any atom is -0.481 e. The van der Waals surface area contributed by atoms with Gasteiger partial charge < -0.3 is 19.9 Å². The Balaban J connectivity index is 1.46. The lowest BCUT2D eigenvalue weighted by Crippen LogP contribution is -2.47. The number of aliphatic carboxylic acids is 1. The predicted molar refractivity (Wildman–Crippen MR) is 149 cm³/mol. The zero-order valence-corrected chi connectivity index (χ0v) is 21.8. The standard InChI is InChI=1S/C31H32N4O3/c1-20-16-21(14-15-25(20)34(2)3)18-35-19-32-30-26(35)17-24(31(37)38)28(33-30)29(36)27(22-10-6-4-7-11-22)23-12-8-5-9-13-23/h4-16,19,24,27-28,33H,17-18H2,1-3H3,(H,37,38)/t24?,28-/m0/s1. The number of carboxylic acid groups (broad SMARTS) is 1. The molecular weight excluding hydrogens is 476 g/mol. The molecule has 5 rings (SSSR count). The predicted octanol–water partition coefficient (Wildman–Crippen LogP) is 4.74. The third-order valence-corrected chi connectivity index (χ3v) is 7.32. The Bertz CT molecular complexity index is 1410. The topological polar surface area (TPSA) is 87.5 Å². The molecule has 2 heterocycles. The molecule has 0 saturated heterocycles. The molecule has 0 saturated carbocycles. The largest absolute Gasteiger partial charge is 0.481 e. The second kappa shape index (κ2) is 10.5. The van der Waals surface area contributed by atoms with Crippen LogP contribution in [0.5, 0.6) is 0 Å². The first-order valence-corrected chi connectivity index (χ1v) is 12.8. The molecule has 0 fully saturated rings. The number of fused-ring (bicyclic) bond motifs is 1. The van der Waals surface area contributed by atoms with Crippen LogP contribution in [-0.2, 0) is 22.6 Å². The molecule has 0 bridgehead atoms.